The molecule has 0 aliphatic carbocycles. The maximum Gasteiger partial charge on any atom is 0.300 e. The first-order valence-corrected chi connectivity index (χ1v) is 6.19. The number of hydrogen-bond acceptors (Lipinski definition) is 3. The number of H-pyrrole nitrogens is 1. The molecule has 0 atom stereocenters. The van der Waals surface area contributed by atoms with Crippen molar-refractivity contribution in [1.82, 2.24) is 9.97 Å². The number of nitrogens with one attached hydrogen (secondary N) is 1. The SMILES string of the molecule is Cc1ccc(Oc2nc3ccc(N)cc3[nH]2)c(Cl)c1. The van der Waals surface area contributed by atoms with E-state index in [0.29, 0.717) is 22.5 Å². The van der Waals surface area contributed by atoms with Crippen LogP contribution >= 0.6 is 11.6 Å². The molecular weight excluding hydrogens is 262 g/mol. The summed E-state index contributed by atoms with van der Waals surface area (Å²) in [5.74, 6) is 0.569. The molecule has 0 bridgehead atoms. The summed E-state index contributed by atoms with van der Waals surface area (Å²) in [6, 6.07) is 11.4. The minimum Gasteiger partial charge on any atom is -0.424 e. The highest BCUT2D eigenvalue weighted by molar-refractivity contribution is 6.32. The van der Waals surface area contributed by atoms with Crippen LogP contribution in [-0.4, -0.2) is 9.97 Å². The third kappa shape index (κ3) is 2.35. The number of imidazole rings is 1. The minimum atomic E-state index is 0.395. The highest BCUT2D eigenvalue weighted by Crippen LogP contribution is 2.29. The van der Waals surface area contributed by atoms with Crippen molar-refractivity contribution in [3.8, 4) is 11.8 Å². The number of nitrogens with zero attached hydrogens (tertiary/aromatic N) is 1. The number of aromatic nitrogens is 2. The summed E-state index contributed by atoms with van der Waals surface area (Å²) in [6.45, 7) is 1.97. The first kappa shape index (κ1) is 11.9. The minimum absolute atomic E-state index is 0.395. The van der Waals surface area contributed by atoms with Crippen LogP contribution in [0.15, 0.2) is 36.4 Å². The van der Waals surface area contributed by atoms with Crippen LogP contribution in [-0.2, 0) is 0 Å². The number of aromatic amines is 1. The van der Waals surface area contributed by atoms with Gasteiger partial charge in [0.05, 0.1) is 16.1 Å². The molecule has 19 heavy (non-hydrogen) atoms. The summed E-state index contributed by atoms with van der Waals surface area (Å²) in [5, 5.41) is 0.556. The molecule has 5 heteroatoms. The van der Waals surface area contributed by atoms with Gasteiger partial charge in [-0.05, 0) is 42.8 Å². The Bertz CT molecular complexity index is 752. The quantitative estimate of drug-likeness (QED) is 0.696. The summed E-state index contributed by atoms with van der Waals surface area (Å²) >= 11 is 6.12. The molecular formula is C14H12ClN3O. The number of hydrogen-bond donors (Lipinski definition) is 2. The zero-order valence-corrected chi connectivity index (χ0v) is 11.0. The van der Waals surface area contributed by atoms with Crippen molar-refractivity contribution >= 4 is 28.3 Å². The van der Waals surface area contributed by atoms with Crippen LogP contribution < -0.4 is 10.5 Å². The molecule has 3 aromatic rings. The van der Waals surface area contributed by atoms with Gasteiger partial charge in [0.15, 0.2) is 0 Å². The van der Waals surface area contributed by atoms with Crippen molar-refractivity contribution in [3.05, 3.63) is 47.0 Å². The monoisotopic (exact) mass is 273 g/mol. The van der Waals surface area contributed by atoms with E-state index in [1.54, 1.807) is 6.07 Å². The van der Waals surface area contributed by atoms with Crippen LogP contribution in [0.1, 0.15) is 5.56 Å². The fourth-order valence-electron chi connectivity index (χ4n) is 1.84. The molecule has 0 saturated carbocycles. The van der Waals surface area contributed by atoms with Crippen LogP contribution in [0.3, 0.4) is 0 Å². The number of nitrogens with two attached hydrogens (primary N) is 1. The lowest BCUT2D eigenvalue weighted by Gasteiger charge is -2.04. The van der Waals surface area contributed by atoms with E-state index >= 15 is 0 Å². The Hall–Kier alpha value is -2.20. The van der Waals surface area contributed by atoms with Gasteiger partial charge >= 0.3 is 0 Å². The second kappa shape index (κ2) is 4.48. The van der Waals surface area contributed by atoms with E-state index in [0.717, 1.165) is 16.6 Å². The normalized spacial score (nSPS) is 10.8. The molecule has 0 unspecified atom stereocenters. The van der Waals surface area contributed by atoms with E-state index in [4.69, 9.17) is 22.1 Å². The van der Waals surface area contributed by atoms with Crippen molar-refractivity contribution in [2.45, 2.75) is 6.92 Å². The van der Waals surface area contributed by atoms with Gasteiger partial charge in [0.2, 0.25) is 0 Å². The number of ether oxygens (including phenoxy) is 1. The van der Waals surface area contributed by atoms with Gasteiger partial charge in [0, 0.05) is 5.69 Å². The zero-order valence-electron chi connectivity index (χ0n) is 10.3. The van der Waals surface area contributed by atoms with Crippen molar-refractivity contribution in [1.29, 1.82) is 0 Å². The Labute approximate surface area is 115 Å². The van der Waals surface area contributed by atoms with Crippen molar-refractivity contribution in [3.63, 3.8) is 0 Å². The zero-order chi connectivity index (χ0) is 13.4. The predicted octanol–water partition coefficient (Wildman–Crippen LogP) is 3.90. The van der Waals surface area contributed by atoms with Gasteiger partial charge in [-0.1, -0.05) is 17.7 Å². The average molecular weight is 274 g/mol. The first-order valence-electron chi connectivity index (χ1n) is 5.81. The molecule has 4 nitrogen and oxygen atoms in total. The number of aryl methyl sites for hydroxylation is 1. The maximum atomic E-state index is 6.12. The Morgan fingerprint density at radius 2 is 2.05 bits per heavy atom. The molecule has 0 radical (unpaired) electrons. The van der Waals surface area contributed by atoms with Gasteiger partial charge in [-0.2, -0.15) is 4.98 Å². The highest BCUT2D eigenvalue weighted by atomic mass is 35.5. The first-order chi connectivity index (χ1) is 9.11. The Morgan fingerprint density at radius 3 is 2.84 bits per heavy atom. The van der Waals surface area contributed by atoms with Gasteiger partial charge < -0.3 is 15.5 Å². The second-order valence-corrected chi connectivity index (χ2v) is 4.76. The fraction of sp³-hybridized carbons (Fsp3) is 0.0714. The highest BCUT2D eigenvalue weighted by Gasteiger charge is 2.08. The lowest BCUT2D eigenvalue weighted by Crippen LogP contribution is -1.87. The number of nitrogen functional groups attached to an aromatic ring is 1. The molecule has 3 N–H and O–H groups in total. The second-order valence-electron chi connectivity index (χ2n) is 4.35. The molecule has 3 rings (SSSR count). The summed E-state index contributed by atoms with van der Waals surface area (Å²) in [5.41, 5.74) is 9.10. The van der Waals surface area contributed by atoms with Crippen LogP contribution in [0.25, 0.3) is 11.0 Å². The van der Waals surface area contributed by atoms with Gasteiger partial charge in [0.1, 0.15) is 5.75 Å². The van der Waals surface area contributed by atoms with Gasteiger partial charge in [-0.25, -0.2) is 0 Å². The molecule has 0 amide bonds. The third-order valence-corrected chi connectivity index (χ3v) is 3.07. The average Bonchev–Trinajstić information content (AvgIpc) is 2.74. The van der Waals surface area contributed by atoms with E-state index in [1.807, 2.05) is 37.3 Å². The topological polar surface area (TPSA) is 63.9 Å². The molecule has 1 heterocycles. The molecule has 0 aliphatic heterocycles. The predicted molar refractivity (Wildman–Crippen MR) is 76.8 cm³/mol. The molecule has 1 aromatic heterocycles. The largest absolute Gasteiger partial charge is 0.424 e. The lowest BCUT2D eigenvalue weighted by atomic mass is 10.2. The fourth-order valence-corrected chi connectivity index (χ4v) is 2.12. The molecule has 0 spiro atoms. The van der Waals surface area contributed by atoms with Crippen LogP contribution in [0.5, 0.6) is 11.8 Å². The van der Waals surface area contributed by atoms with Gasteiger partial charge in [0.25, 0.3) is 6.01 Å². The number of benzene rings is 2. The van der Waals surface area contributed by atoms with Gasteiger partial charge in [-0.3, -0.25) is 0 Å². The van der Waals surface area contributed by atoms with Gasteiger partial charge in [-0.15, -0.1) is 0 Å². The molecule has 96 valence electrons. The van der Waals surface area contributed by atoms with E-state index < -0.39 is 0 Å². The Morgan fingerprint density at radius 1 is 1.21 bits per heavy atom. The summed E-state index contributed by atoms with van der Waals surface area (Å²) in [6.07, 6.45) is 0. The van der Waals surface area contributed by atoms with E-state index in [-0.39, 0.29) is 0 Å². The van der Waals surface area contributed by atoms with Crippen LogP contribution in [0, 0.1) is 6.92 Å². The summed E-state index contributed by atoms with van der Waals surface area (Å²) in [7, 11) is 0. The van der Waals surface area contributed by atoms with Crippen molar-refractivity contribution in [2.24, 2.45) is 0 Å². The smallest absolute Gasteiger partial charge is 0.300 e. The lowest BCUT2D eigenvalue weighted by molar-refractivity contribution is 0.449. The van der Waals surface area contributed by atoms with E-state index in [2.05, 4.69) is 9.97 Å². The Balaban J connectivity index is 1.96. The van der Waals surface area contributed by atoms with E-state index in [1.165, 1.54) is 0 Å². The number of anilines is 1. The van der Waals surface area contributed by atoms with Crippen molar-refractivity contribution in [2.75, 3.05) is 5.73 Å². The molecule has 0 fully saturated rings. The Kier molecular flexibility index (Phi) is 2.80. The standard InChI is InChI=1S/C14H12ClN3O/c1-8-2-5-13(10(15)6-8)19-14-17-11-4-3-9(16)7-12(11)18-14/h2-7H,16H2,1H3,(H,17,18). The van der Waals surface area contributed by atoms with Crippen molar-refractivity contribution < 1.29 is 4.74 Å². The summed E-state index contributed by atoms with van der Waals surface area (Å²) in [4.78, 5) is 7.38. The molecule has 2 aromatic carbocycles. The number of fused-ring (bicyclic) bond motifs is 1. The maximum absolute atomic E-state index is 6.12. The number of rotatable bonds is 2. The van der Waals surface area contributed by atoms with Crippen LogP contribution in [0.2, 0.25) is 5.02 Å². The summed E-state index contributed by atoms with van der Waals surface area (Å²) < 4.78 is 5.65. The molecule has 0 saturated heterocycles. The van der Waals surface area contributed by atoms with E-state index in [9.17, 15) is 0 Å². The molecule has 0 aliphatic rings. The number of halogens is 1. The van der Waals surface area contributed by atoms with Crippen LogP contribution in [0.4, 0.5) is 5.69 Å². The third-order valence-electron chi connectivity index (χ3n) is 2.78.